The predicted octanol–water partition coefficient (Wildman–Crippen LogP) is -0.851. The van der Waals surface area contributed by atoms with E-state index < -0.39 is 42.5 Å². The quantitative estimate of drug-likeness (QED) is 0.532. The average Bonchev–Trinajstić information content (AvgIpc) is 2.66. The van der Waals surface area contributed by atoms with Crippen molar-refractivity contribution in [2.75, 3.05) is 0 Å². The number of aliphatic hydroxyl groups is 1. The molecule has 0 bridgehead atoms. The molecule has 6 nitrogen and oxygen atoms in total. The second-order valence-electron chi connectivity index (χ2n) is 4.42. The molecule has 6 heteroatoms. The molecule has 3 fully saturated rings. The van der Waals surface area contributed by atoms with Crippen molar-refractivity contribution in [1.29, 1.82) is 0 Å². The van der Waals surface area contributed by atoms with Crippen LogP contribution in [0.2, 0.25) is 0 Å². The van der Waals surface area contributed by atoms with Gasteiger partial charge in [-0.2, -0.15) is 0 Å². The van der Waals surface area contributed by atoms with Gasteiger partial charge in [-0.1, -0.05) is 0 Å². The first-order chi connectivity index (χ1) is 6.98. The molecule has 1 N–H and O–H groups in total. The van der Waals surface area contributed by atoms with E-state index in [1.54, 1.807) is 13.8 Å². The topological polar surface area (TPSA) is 74.2 Å². The Balaban J connectivity index is 1.83. The number of hydrogen-bond donors (Lipinski definition) is 1. The van der Waals surface area contributed by atoms with Gasteiger partial charge in [0, 0.05) is 0 Å². The maximum Gasteiger partial charge on any atom is 0.338 e. The van der Waals surface area contributed by atoms with Gasteiger partial charge in [-0.05, 0) is 13.8 Å². The fraction of sp³-hybridized carbons (Fsp3) is 0.889. The molecule has 0 spiro atoms. The zero-order valence-electron chi connectivity index (χ0n) is 8.38. The second kappa shape index (κ2) is 2.70. The maximum atomic E-state index is 11.1. The molecule has 3 rings (SSSR count). The van der Waals surface area contributed by atoms with Crippen molar-refractivity contribution in [1.82, 2.24) is 0 Å². The van der Waals surface area contributed by atoms with E-state index in [0.717, 1.165) is 0 Å². The largest absolute Gasteiger partial charge is 0.454 e. The minimum Gasteiger partial charge on any atom is -0.454 e. The minimum atomic E-state index is -1.23. The number of carbonyl (C=O) groups excluding carboxylic acids is 1. The molecule has 0 aliphatic carbocycles. The van der Waals surface area contributed by atoms with Gasteiger partial charge in [0.1, 0.15) is 6.10 Å². The van der Waals surface area contributed by atoms with Crippen LogP contribution in [0.1, 0.15) is 13.8 Å². The molecular formula is C9H12O6. The summed E-state index contributed by atoms with van der Waals surface area (Å²) in [7, 11) is 0. The van der Waals surface area contributed by atoms with E-state index in [4.69, 9.17) is 18.9 Å². The summed E-state index contributed by atoms with van der Waals surface area (Å²) in [5.41, 5.74) is 0. The van der Waals surface area contributed by atoms with E-state index in [-0.39, 0.29) is 0 Å². The van der Waals surface area contributed by atoms with Gasteiger partial charge in [-0.15, -0.1) is 0 Å². The van der Waals surface area contributed by atoms with Crippen LogP contribution in [0.4, 0.5) is 0 Å². The Labute approximate surface area is 86.1 Å². The Kier molecular flexibility index (Phi) is 1.72. The number of esters is 1. The van der Waals surface area contributed by atoms with E-state index >= 15 is 0 Å². The molecule has 15 heavy (non-hydrogen) atoms. The van der Waals surface area contributed by atoms with Crippen LogP contribution in [0.3, 0.4) is 0 Å². The monoisotopic (exact) mass is 216 g/mol. The Bertz CT molecular complexity index is 314. The summed E-state index contributed by atoms with van der Waals surface area (Å²) in [6.45, 7) is 3.52. The summed E-state index contributed by atoms with van der Waals surface area (Å²) in [6.07, 6.45) is -3.44. The molecular weight excluding hydrogens is 204 g/mol. The van der Waals surface area contributed by atoms with Gasteiger partial charge >= 0.3 is 5.97 Å². The maximum absolute atomic E-state index is 11.1. The smallest absolute Gasteiger partial charge is 0.338 e. The molecule has 0 aromatic rings. The predicted molar refractivity (Wildman–Crippen MR) is 44.6 cm³/mol. The third kappa shape index (κ3) is 1.22. The number of carbonyl (C=O) groups is 1. The molecule has 3 aliphatic rings. The lowest BCUT2D eigenvalue weighted by Crippen LogP contribution is -2.35. The van der Waals surface area contributed by atoms with Crippen LogP contribution in [0.15, 0.2) is 0 Å². The molecule has 84 valence electrons. The van der Waals surface area contributed by atoms with Gasteiger partial charge in [-0.25, -0.2) is 4.79 Å². The SMILES string of the molecule is CC1(C)O[C@H]2OC3[C@H](O)C(=O)O[C@@H]3[C@H]2O1. The van der Waals surface area contributed by atoms with Gasteiger partial charge in [0.15, 0.2) is 30.4 Å². The van der Waals surface area contributed by atoms with E-state index in [9.17, 15) is 9.90 Å². The van der Waals surface area contributed by atoms with Crippen LogP contribution < -0.4 is 0 Å². The fourth-order valence-electron chi connectivity index (χ4n) is 2.23. The molecule has 3 saturated heterocycles. The Morgan fingerprint density at radius 3 is 2.67 bits per heavy atom. The lowest BCUT2D eigenvalue weighted by molar-refractivity contribution is -0.214. The Morgan fingerprint density at radius 1 is 1.20 bits per heavy atom. The van der Waals surface area contributed by atoms with Crippen molar-refractivity contribution in [3.8, 4) is 0 Å². The lowest BCUT2D eigenvalue weighted by Gasteiger charge is -2.20. The van der Waals surface area contributed by atoms with Crippen LogP contribution in [-0.4, -0.2) is 47.6 Å². The summed E-state index contributed by atoms with van der Waals surface area (Å²) in [5, 5.41) is 9.44. The number of fused-ring (bicyclic) bond motifs is 3. The lowest BCUT2D eigenvalue weighted by atomic mass is 10.1. The first kappa shape index (κ1) is 9.53. The van der Waals surface area contributed by atoms with Crippen molar-refractivity contribution >= 4 is 5.97 Å². The molecule has 0 aromatic carbocycles. The van der Waals surface area contributed by atoms with Crippen molar-refractivity contribution in [2.24, 2.45) is 0 Å². The molecule has 0 radical (unpaired) electrons. The molecule has 1 unspecified atom stereocenters. The van der Waals surface area contributed by atoms with Crippen LogP contribution in [0.25, 0.3) is 0 Å². The first-order valence-electron chi connectivity index (χ1n) is 4.88. The van der Waals surface area contributed by atoms with Crippen molar-refractivity contribution < 1.29 is 28.8 Å². The van der Waals surface area contributed by atoms with E-state index in [1.165, 1.54) is 0 Å². The number of ether oxygens (including phenoxy) is 4. The highest BCUT2D eigenvalue weighted by Crippen LogP contribution is 2.42. The van der Waals surface area contributed by atoms with Gasteiger partial charge in [0.25, 0.3) is 0 Å². The van der Waals surface area contributed by atoms with Gasteiger partial charge in [0.2, 0.25) is 0 Å². The van der Waals surface area contributed by atoms with Crippen LogP contribution in [0, 0.1) is 0 Å². The fourth-order valence-corrected chi connectivity index (χ4v) is 2.23. The summed E-state index contributed by atoms with van der Waals surface area (Å²) >= 11 is 0. The molecule has 0 aromatic heterocycles. The summed E-state index contributed by atoms with van der Waals surface area (Å²) in [5.74, 6) is -1.39. The van der Waals surface area contributed by atoms with E-state index in [1.807, 2.05) is 0 Å². The van der Waals surface area contributed by atoms with Gasteiger partial charge in [0.05, 0.1) is 0 Å². The molecule has 0 amide bonds. The van der Waals surface area contributed by atoms with Crippen LogP contribution in [0.5, 0.6) is 0 Å². The third-order valence-electron chi connectivity index (χ3n) is 2.83. The normalized spacial score (nSPS) is 51.4. The van der Waals surface area contributed by atoms with Crippen molar-refractivity contribution in [2.45, 2.75) is 50.3 Å². The first-order valence-corrected chi connectivity index (χ1v) is 4.88. The summed E-state index contributed by atoms with van der Waals surface area (Å²) in [4.78, 5) is 11.1. The number of aliphatic hydroxyl groups excluding tert-OH is 1. The number of hydrogen-bond acceptors (Lipinski definition) is 6. The molecule has 0 saturated carbocycles. The highest BCUT2D eigenvalue weighted by molar-refractivity contribution is 5.78. The van der Waals surface area contributed by atoms with Crippen molar-refractivity contribution in [3.05, 3.63) is 0 Å². The number of rotatable bonds is 0. The zero-order chi connectivity index (χ0) is 10.8. The van der Waals surface area contributed by atoms with Gasteiger partial charge < -0.3 is 24.1 Å². The average molecular weight is 216 g/mol. The standard InChI is InChI=1S/C9H12O6/c1-9(2)14-6-5-4(13-8(6)15-9)3(10)7(11)12-5/h3-6,8,10H,1-2H3/t3-,4?,5-,6+,8+/m0/s1. The van der Waals surface area contributed by atoms with E-state index in [0.29, 0.717) is 0 Å². The highest BCUT2D eigenvalue weighted by Gasteiger charge is 2.62. The zero-order valence-corrected chi connectivity index (χ0v) is 8.38. The van der Waals surface area contributed by atoms with Crippen LogP contribution in [-0.2, 0) is 23.7 Å². The third-order valence-corrected chi connectivity index (χ3v) is 2.83. The second-order valence-corrected chi connectivity index (χ2v) is 4.42. The summed E-state index contributed by atoms with van der Waals surface area (Å²) in [6, 6.07) is 0. The van der Waals surface area contributed by atoms with Crippen LogP contribution >= 0.6 is 0 Å². The van der Waals surface area contributed by atoms with Gasteiger partial charge in [-0.3, -0.25) is 0 Å². The Morgan fingerprint density at radius 2 is 1.93 bits per heavy atom. The molecule has 3 aliphatic heterocycles. The molecule has 5 atom stereocenters. The highest BCUT2D eigenvalue weighted by atomic mass is 16.8. The summed E-state index contributed by atoms with van der Waals surface area (Å²) < 4.78 is 21.4. The molecule has 3 heterocycles. The van der Waals surface area contributed by atoms with E-state index in [2.05, 4.69) is 0 Å². The Hall–Kier alpha value is -0.690. The minimum absolute atomic E-state index is 0.439. The van der Waals surface area contributed by atoms with Crippen molar-refractivity contribution in [3.63, 3.8) is 0 Å².